The topological polar surface area (TPSA) is 141 Å². The van der Waals surface area contributed by atoms with Crippen molar-refractivity contribution in [2.75, 3.05) is 22.5 Å². The van der Waals surface area contributed by atoms with Crippen molar-refractivity contribution in [2.24, 2.45) is 0 Å². The summed E-state index contributed by atoms with van der Waals surface area (Å²) in [4.78, 5) is 37.2. The molecule has 0 unspecified atom stereocenters. The molecule has 0 radical (unpaired) electrons. The van der Waals surface area contributed by atoms with Gasteiger partial charge in [0.25, 0.3) is 5.91 Å². The molecule has 5 N–H and O–H groups in total. The number of benzene rings is 1. The van der Waals surface area contributed by atoms with E-state index in [1.165, 1.54) is 17.5 Å². The number of anilines is 4. The first-order valence-electron chi connectivity index (χ1n) is 11.2. The molecule has 3 rings (SSSR count). The number of thiazole rings is 1. The van der Waals surface area contributed by atoms with Crippen molar-refractivity contribution in [1.29, 1.82) is 0 Å². The minimum absolute atomic E-state index is 0.287. The third-order valence-electron chi connectivity index (χ3n) is 5.02. The zero-order valence-electron chi connectivity index (χ0n) is 19.5. The highest BCUT2D eigenvalue weighted by molar-refractivity contribution is 7.17. The summed E-state index contributed by atoms with van der Waals surface area (Å²) in [5.74, 6) is 1.20. The molecule has 12 heteroatoms. The Labute approximate surface area is 212 Å². The van der Waals surface area contributed by atoms with Gasteiger partial charge >= 0.3 is 0 Å². The lowest BCUT2D eigenvalue weighted by atomic mass is 10.1. The molecule has 0 spiro atoms. The van der Waals surface area contributed by atoms with Gasteiger partial charge in [-0.3, -0.25) is 14.8 Å². The Balaban J connectivity index is 1.51. The lowest BCUT2D eigenvalue weighted by Gasteiger charge is -2.09. The molecule has 2 heterocycles. The molecule has 0 saturated heterocycles. The quantitative estimate of drug-likeness (QED) is 0.127. The lowest BCUT2D eigenvalue weighted by Crippen LogP contribution is -2.17. The van der Waals surface area contributed by atoms with Gasteiger partial charge in [-0.2, -0.15) is 0 Å². The van der Waals surface area contributed by atoms with E-state index >= 15 is 0 Å². The average molecular weight is 518 g/mol. The van der Waals surface area contributed by atoms with Gasteiger partial charge in [-0.05, 0) is 38.3 Å². The molecule has 1 aromatic carbocycles. The van der Waals surface area contributed by atoms with E-state index in [4.69, 9.17) is 16.8 Å². The van der Waals surface area contributed by atoms with E-state index in [1.807, 2.05) is 19.1 Å². The van der Waals surface area contributed by atoms with Gasteiger partial charge in [-0.15, -0.1) is 0 Å². The Kier molecular flexibility index (Phi) is 9.76. The van der Waals surface area contributed by atoms with Crippen LogP contribution in [0.4, 0.5) is 22.5 Å². The third-order valence-corrected chi connectivity index (χ3v) is 6.25. The number of halogens is 1. The number of aryl methyl sites for hydroxylation is 2. The van der Waals surface area contributed by atoms with E-state index in [9.17, 15) is 9.59 Å². The number of nitrogens with zero attached hydrogens (tertiary/aromatic N) is 3. The van der Waals surface area contributed by atoms with Crippen molar-refractivity contribution in [3.8, 4) is 0 Å². The Hall–Kier alpha value is -3.28. The van der Waals surface area contributed by atoms with Gasteiger partial charge < -0.3 is 16.0 Å². The first-order chi connectivity index (χ1) is 16.9. The Morgan fingerprint density at radius 3 is 2.63 bits per heavy atom. The molecule has 0 fully saturated rings. The predicted octanol–water partition coefficient (Wildman–Crippen LogP) is 5.07. The molecular weight excluding hydrogens is 490 g/mol. The first-order valence-corrected chi connectivity index (χ1v) is 12.4. The molecule has 3 aromatic rings. The molecule has 0 saturated carbocycles. The van der Waals surface area contributed by atoms with Crippen LogP contribution in [0, 0.1) is 13.8 Å². The fourth-order valence-corrected chi connectivity index (χ4v) is 4.26. The maximum Gasteiger partial charge on any atom is 0.267 e. The summed E-state index contributed by atoms with van der Waals surface area (Å²) in [6, 6.07) is 7.22. The van der Waals surface area contributed by atoms with Gasteiger partial charge in [0.15, 0.2) is 5.13 Å². The standard InChI is InChI=1S/C23H28ClN7O3S/c1-14-8-7-9-16(24)21(14)30-22(33)17-13-26-23(35-17)29-19-12-18(27-15(2)28-19)25-11-6-4-3-5-10-20(32)31-34/h7-9,12-13,34H,3-6,10-11H2,1-2H3,(H,30,33)(H,31,32)(H2,25,26,27,28,29). The van der Waals surface area contributed by atoms with Crippen LogP contribution in [0.2, 0.25) is 5.02 Å². The summed E-state index contributed by atoms with van der Waals surface area (Å²) in [5, 5.41) is 18.8. The summed E-state index contributed by atoms with van der Waals surface area (Å²) < 4.78 is 0. The number of amides is 2. The Morgan fingerprint density at radius 1 is 1.09 bits per heavy atom. The van der Waals surface area contributed by atoms with Crippen LogP contribution in [0.25, 0.3) is 0 Å². The SMILES string of the molecule is Cc1nc(NCCCCCCC(=O)NO)cc(Nc2ncc(C(=O)Nc3c(C)cccc3Cl)s2)n1. The van der Waals surface area contributed by atoms with E-state index in [-0.39, 0.29) is 11.8 Å². The normalized spacial score (nSPS) is 10.6. The molecule has 10 nitrogen and oxygen atoms in total. The Morgan fingerprint density at radius 2 is 1.86 bits per heavy atom. The van der Waals surface area contributed by atoms with E-state index < -0.39 is 0 Å². The first kappa shape index (κ1) is 26.3. The highest BCUT2D eigenvalue weighted by Gasteiger charge is 2.14. The number of nitrogens with one attached hydrogen (secondary N) is 4. The van der Waals surface area contributed by atoms with Crippen LogP contribution in [0.5, 0.6) is 0 Å². The van der Waals surface area contributed by atoms with Gasteiger partial charge in [0.05, 0.1) is 16.9 Å². The van der Waals surface area contributed by atoms with Crippen LogP contribution in [0.15, 0.2) is 30.5 Å². The monoisotopic (exact) mass is 517 g/mol. The number of unbranched alkanes of at least 4 members (excludes halogenated alkanes) is 3. The van der Waals surface area contributed by atoms with Crippen molar-refractivity contribution in [3.05, 3.63) is 51.7 Å². The molecule has 0 aliphatic rings. The van der Waals surface area contributed by atoms with Crippen molar-refractivity contribution >= 4 is 57.2 Å². The second kappa shape index (κ2) is 13.0. The van der Waals surface area contributed by atoms with Crippen LogP contribution >= 0.6 is 22.9 Å². The van der Waals surface area contributed by atoms with Crippen molar-refractivity contribution in [3.63, 3.8) is 0 Å². The number of hydrogen-bond acceptors (Lipinski definition) is 9. The number of carbonyl (C=O) groups excluding carboxylic acids is 2. The maximum absolute atomic E-state index is 12.7. The van der Waals surface area contributed by atoms with Crippen molar-refractivity contribution in [1.82, 2.24) is 20.4 Å². The maximum atomic E-state index is 12.7. The zero-order chi connectivity index (χ0) is 25.2. The molecule has 0 aliphatic carbocycles. The fraction of sp³-hybridized carbons (Fsp3) is 0.348. The van der Waals surface area contributed by atoms with Crippen LogP contribution in [-0.4, -0.2) is 38.5 Å². The molecule has 0 atom stereocenters. The van der Waals surface area contributed by atoms with E-state index in [1.54, 1.807) is 24.5 Å². The van der Waals surface area contributed by atoms with Crippen molar-refractivity contribution in [2.45, 2.75) is 46.0 Å². The summed E-state index contributed by atoms with van der Waals surface area (Å²) in [5.41, 5.74) is 3.09. The van der Waals surface area contributed by atoms with Gasteiger partial charge in [0, 0.05) is 19.0 Å². The number of rotatable bonds is 12. The number of para-hydroxylation sites is 1. The molecule has 2 amide bonds. The summed E-state index contributed by atoms with van der Waals surface area (Å²) >= 11 is 7.41. The summed E-state index contributed by atoms with van der Waals surface area (Å²) in [6.07, 6.45) is 5.34. The largest absolute Gasteiger partial charge is 0.370 e. The van der Waals surface area contributed by atoms with Crippen LogP contribution in [0.3, 0.4) is 0 Å². The van der Waals surface area contributed by atoms with Crippen LogP contribution in [0.1, 0.15) is 53.2 Å². The van der Waals surface area contributed by atoms with Crippen molar-refractivity contribution < 1.29 is 14.8 Å². The summed E-state index contributed by atoms with van der Waals surface area (Å²) in [7, 11) is 0. The second-order valence-corrected chi connectivity index (χ2v) is 9.29. The van der Waals surface area contributed by atoms with E-state index in [0.29, 0.717) is 44.6 Å². The highest BCUT2D eigenvalue weighted by atomic mass is 35.5. The number of hydroxylamine groups is 1. The summed E-state index contributed by atoms with van der Waals surface area (Å²) in [6.45, 7) is 4.41. The zero-order valence-corrected chi connectivity index (χ0v) is 21.1. The predicted molar refractivity (Wildman–Crippen MR) is 138 cm³/mol. The van der Waals surface area contributed by atoms with Gasteiger partial charge in [-0.1, -0.05) is 47.9 Å². The van der Waals surface area contributed by atoms with Gasteiger partial charge in [-0.25, -0.2) is 20.4 Å². The second-order valence-electron chi connectivity index (χ2n) is 7.85. The average Bonchev–Trinajstić information content (AvgIpc) is 3.29. The number of aromatic nitrogens is 3. The molecule has 186 valence electrons. The number of hydrogen-bond donors (Lipinski definition) is 5. The highest BCUT2D eigenvalue weighted by Crippen LogP contribution is 2.28. The van der Waals surface area contributed by atoms with Crippen LogP contribution in [-0.2, 0) is 4.79 Å². The fourth-order valence-electron chi connectivity index (χ4n) is 3.27. The molecule has 0 aliphatic heterocycles. The minimum Gasteiger partial charge on any atom is -0.370 e. The molecule has 2 aromatic heterocycles. The third kappa shape index (κ3) is 8.16. The van der Waals surface area contributed by atoms with Crippen LogP contribution < -0.4 is 21.4 Å². The Bertz CT molecular complexity index is 1150. The minimum atomic E-state index is -0.358. The van der Waals surface area contributed by atoms with Gasteiger partial charge in [0.2, 0.25) is 5.91 Å². The van der Waals surface area contributed by atoms with Gasteiger partial charge in [0.1, 0.15) is 22.3 Å². The molecular formula is C23H28ClN7O3S. The molecule has 35 heavy (non-hydrogen) atoms. The number of carbonyl (C=O) groups is 2. The van der Waals surface area contributed by atoms with E-state index in [0.717, 1.165) is 37.8 Å². The smallest absolute Gasteiger partial charge is 0.267 e. The molecule has 0 bridgehead atoms. The lowest BCUT2D eigenvalue weighted by molar-refractivity contribution is -0.129. The van der Waals surface area contributed by atoms with E-state index in [2.05, 4.69) is 30.9 Å².